The second-order valence-corrected chi connectivity index (χ2v) is 8.72. The Hall–Kier alpha value is -4.24. The summed E-state index contributed by atoms with van der Waals surface area (Å²) in [5.41, 5.74) is 2.36. The van der Waals surface area contributed by atoms with Crippen LogP contribution in [-0.2, 0) is 16.0 Å². The first-order valence-corrected chi connectivity index (χ1v) is 11.6. The molecule has 1 aliphatic rings. The molecule has 0 aliphatic heterocycles. The molecule has 0 atom stereocenters. The Morgan fingerprint density at radius 2 is 1.69 bits per heavy atom. The van der Waals surface area contributed by atoms with Gasteiger partial charge in [-0.1, -0.05) is 30.3 Å². The molecule has 4 aromatic rings. The number of carbonyl (C=O) groups is 2. The summed E-state index contributed by atoms with van der Waals surface area (Å²) >= 11 is 5.25. The van der Waals surface area contributed by atoms with Crippen molar-refractivity contribution in [3.05, 3.63) is 84.7 Å². The number of imidazole rings is 1. The molecule has 1 aliphatic carbocycles. The lowest BCUT2D eigenvalue weighted by Crippen LogP contribution is -2.35. The number of ether oxygens (including phenoxy) is 1. The number of rotatable bonds is 7. The number of hydrogen-bond donors (Lipinski definition) is 3. The first-order chi connectivity index (χ1) is 17.0. The molecule has 176 valence electrons. The van der Waals surface area contributed by atoms with Crippen LogP contribution in [0, 0.1) is 5.92 Å². The molecule has 35 heavy (non-hydrogen) atoms. The van der Waals surface area contributed by atoms with Crippen LogP contribution in [0.3, 0.4) is 0 Å². The van der Waals surface area contributed by atoms with Crippen LogP contribution >= 0.6 is 12.2 Å². The maximum atomic E-state index is 12.2. The summed E-state index contributed by atoms with van der Waals surface area (Å²) in [5.74, 6) is 1.75. The minimum Gasteiger partial charge on any atom is -0.456 e. The molecule has 1 saturated carbocycles. The third kappa shape index (κ3) is 6.01. The van der Waals surface area contributed by atoms with Gasteiger partial charge in [0.25, 0.3) is 0 Å². The van der Waals surface area contributed by atoms with Crippen molar-refractivity contribution in [1.29, 1.82) is 0 Å². The SMILES string of the molecule is O=C(Cc1ccccc1)NC(=S)Nc1ccc(Oc2ccc3nc(NC(=O)C4CC4)cn3c2)cc1. The number of nitrogens with zero attached hydrogens (tertiary/aromatic N) is 2. The molecule has 2 aromatic heterocycles. The van der Waals surface area contributed by atoms with Gasteiger partial charge in [-0.3, -0.25) is 9.59 Å². The van der Waals surface area contributed by atoms with Crippen LogP contribution in [0.15, 0.2) is 79.1 Å². The van der Waals surface area contributed by atoms with E-state index in [2.05, 4.69) is 20.9 Å². The lowest BCUT2D eigenvalue weighted by molar-refractivity contribution is -0.119. The number of benzene rings is 2. The topological polar surface area (TPSA) is 96.8 Å². The normalized spacial score (nSPS) is 12.7. The summed E-state index contributed by atoms with van der Waals surface area (Å²) in [5, 5.41) is 8.77. The third-order valence-electron chi connectivity index (χ3n) is 5.43. The van der Waals surface area contributed by atoms with Crippen molar-refractivity contribution in [3.63, 3.8) is 0 Å². The minimum atomic E-state index is -0.182. The number of aromatic nitrogens is 2. The van der Waals surface area contributed by atoms with Gasteiger partial charge in [0.1, 0.15) is 17.1 Å². The molecular weight excluding hydrogens is 462 g/mol. The van der Waals surface area contributed by atoms with Crippen LogP contribution in [-0.4, -0.2) is 26.3 Å². The van der Waals surface area contributed by atoms with E-state index in [9.17, 15) is 9.59 Å². The van der Waals surface area contributed by atoms with Crippen LogP contribution in [0.1, 0.15) is 18.4 Å². The van der Waals surface area contributed by atoms with E-state index in [1.807, 2.05) is 59.0 Å². The van der Waals surface area contributed by atoms with Crippen molar-refractivity contribution < 1.29 is 14.3 Å². The monoisotopic (exact) mass is 485 g/mol. The van der Waals surface area contributed by atoms with Gasteiger partial charge >= 0.3 is 0 Å². The summed E-state index contributed by atoms with van der Waals surface area (Å²) in [6, 6.07) is 20.4. The summed E-state index contributed by atoms with van der Waals surface area (Å²) in [6.45, 7) is 0. The van der Waals surface area contributed by atoms with Gasteiger partial charge < -0.3 is 25.1 Å². The average Bonchev–Trinajstić information content (AvgIpc) is 3.61. The number of pyridine rings is 1. The summed E-state index contributed by atoms with van der Waals surface area (Å²) in [6.07, 6.45) is 5.71. The molecule has 1 fully saturated rings. The van der Waals surface area contributed by atoms with E-state index >= 15 is 0 Å². The van der Waals surface area contributed by atoms with Gasteiger partial charge in [-0.05, 0) is 67.0 Å². The molecule has 2 aromatic carbocycles. The number of nitrogens with one attached hydrogen (secondary N) is 3. The zero-order valence-corrected chi connectivity index (χ0v) is 19.5. The average molecular weight is 486 g/mol. The van der Waals surface area contributed by atoms with E-state index in [-0.39, 0.29) is 29.3 Å². The van der Waals surface area contributed by atoms with E-state index in [0.717, 1.165) is 24.1 Å². The van der Waals surface area contributed by atoms with Crippen LogP contribution in [0.25, 0.3) is 5.65 Å². The molecule has 3 N–H and O–H groups in total. The zero-order valence-electron chi connectivity index (χ0n) is 18.7. The third-order valence-corrected chi connectivity index (χ3v) is 5.64. The Bertz CT molecular complexity index is 1380. The van der Waals surface area contributed by atoms with Crippen molar-refractivity contribution in [1.82, 2.24) is 14.7 Å². The van der Waals surface area contributed by atoms with Crippen molar-refractivity contribution in [3.8, 4) is 11.5 Å². The first kappa shape index (κ1) is 22.5. The molecule has 9 heteroatoms. The quantitative estimate of drug-likeness (QED) is 0.333. The molecule has 2 heterocycles. The smallest absolute Gasteiger partial charge is 0.230 e. The Morgan fingerprint density at radius 3 is 2.43 bits per heavy atom. The molecule has 2 amide bonds. The molecule has 8 nitrogen and oxygen atoms in total. The molecular formula is C26H23N5O3S. The van der Waals surface area contributed by atoms with Crippen molar-refractivity contribution in [2.24, 2.45) is 5.92 Å². The first-order valence-electron chi connectivity index (χ1n) is 11.2. The maximum Gasteiger partial charge on any atom is 0.230 e. The lowest BCUT2D eigenvalue weighted by Gasteiger charge is -2.11. The van der Waals surface area contributed by atoms with Crippen LogP contribution in [0.4, 0.5) is 11.5 Å². The molecule has 5 rings (SSSR count). The molecule has 0 spiro atoms. The summed E-state index contributed by atoms with van der Waals surface area (Å²) in [4.78, 5) is 28.5. The fraction of sp³-hybridized carbons (Fsp3) is 0.154. The predicted molar refractivity (Wildman–Crippen MR) is 138 cm³/mol. The van der Waals surface area contributed by atoms with Gasteiger partial charge in [0, 0.05) is 11.6 Å². The zero-order chi connectivity index (χ0) is 24.2. The van der Waals surface area contributed by atoms with Crippen LogP contribution < -0.4 is 20.7 Å². The number of hydrogen-bond acceptors (Lipinski definition) is 5. The minimum absolute atomic E-state index is 0.0221. The summed E-state index contributed by atoms with van der Waals surface area (Å²) in [7, 11) is 0. The highest BCUT2D eigenvalue weighted by atomic mass is 32.1. The molecule has 0 radical (unpaired) electrons. The highest BCUT2D eigenvalue weighted by Crippen LogP contribution is 2.30. The predicted octanol–water partition coefficient (Wildman–Crippen LogP) is 4.53. The molecule has 0 unspecified atom stereocenters. The van der Waals surface area contributed by atoms with Gasteiger partial charge in [-0.25, -0.2) is 4.98 Å². The standard InChI is InChI=1S/C26H23N5O3S/c32-24(14-17-4-2-1-3-5-17)30-26(35)27-19-8-10-20(11-9-19)34-21-12-13-23-28-22(16-31(23)15-21)29-25(33)18-6-7-18/h1-5,8-13,15-16,18H,6-7,14H2,(H,29,33)(H2,27,30,32,35). The van der Waals surface area contributed by atoms with E-state index in [4.69, 9.17) is 17.0 Å². The highest BCUT2D eigenvalue weighted by Gasteiger charge is 2.30. The fourth-order valence-corrected chi connectivity index (χ4v) is 3.75. The number of anilines is 2. The molecule has 0 saturated heterocycles. The molecule has 0 bridgehead atoms. The van der Waals surface area contributed by atoms with E-state index in [0.29, 0.717) is 23.0 Å². The Morgan fingerprint density at radius 1 is 0.943 bits per heavy atom. The maximum absolute atomic E-state index is 12.2. The number of amides is 2. The second-order valence-electron chi connectivity index (χ2n) is 8.31. The van der Waals surface area contributed by atoms with Gasteiger partial charge in [0.2, 0.25) is 11.8 Å². The van der Waals surface area contributed by atoms with Crippen LogP contribution in [0.5, 0.6) is 11.5 Å². The van der Waals surface area contributed by atoms with Crippen LogP contribution in [0.2, 0.25) is 0 Å². The number of fused-ring (bicyclic) bond motifs is 1. The van der Waals surface area contributed by atoms with E-state index in [1.165, 1.54) is 0 Å². The van der Waals surface area contributed by atoms with E-state index in [1.54, 1.807) is 24.5 Å². The second kappa shape index (κ2) is 9.94. The number of carbonyl (C=O) groups excluding carboxylic acids is 2. The fourth-order valence-electron chi connectivity index (χ4n) is 3.52. The van der Waals surface area contributed by atoms with Crippen molar-refractivity contribution in [2.45, 2.75) is 19.3 Å². The van der Waals surface area contributed by atoms with Gasteiger partial charge in [-0.15, -0.1) is 0 Å². The Balaban J connectivity index is 1.15. The Labute approximate surface area is 207 Å². The lowest BCUT2D eigenvalue weighted by atomic mass is 10.1. The van der Waals surface area contributed by atoms with Gasteiger partial charge in [0.05, 0.1) is 18.8 Å². The largest absolute Gasteiger partial charge is 0.456 e. The van der Waals surface area contributed by atoms with Gasteiger partial charge in [0.15, 0.2) is 10.9 Å². The van der Waals surface area contributed by atoms with Crippen molar-refractivity contribution in [2.75, 3.05) is 10.6 Å². The van der Waals surface area contributed by atoms with Crippen molar-refractivity contribution >= 4 is 46.3 Å². The Kier molecular flexibility index (Phi) is 6.40. The summed E-state index contributed by atoms with van der Waals surface area (Å²) < 4.78 is 7.76. The highest BCUT2D eigenvalue weighted by molar-refractivity contribution is 7.80. The van der Waals surface area contributed by atoms with Gasteiger partial charge in [-0.2, -0.15) is 0 Å². The van der Waals surface area contributed by atoms with E-state index < -0.39 is 0 Å². The number of thiocarbonyl (C=S) groups is 1.